The molecular weight excluding hydrogens is 452 g/mol. The first-order valence-electron chi connectivity index (χ1n) is 8.66. The maximum atomic E-state index is 13.0. The maximum absolute atomic E-state index is 13.0. The fourth-order valence-corrected chi connectivity index (χ4v) is 5.40. The lowest BCUT2D eigenvalue weighted by Gasteiger charge is -2.26. The molecule has 0 bridgehead atoms. The topological polar surface area (TPSA) is 66.5 Å². The highest BCUT2D eigenvalue weighted by Gasteiger charge is 2.27. The van der Waals surface area contributed by atoms with Gasteiger partial charge in [0, 0.05) is 23.2 Å². The van der Waals surface area contributed by atoms with Crippen LogP contribution in [0.15, 0.2) is 45.8 Å². The molecule has 1 aliphatic rings. The lowest BCUT2D eigenvalue weighted by Crippen LogP contribution is -2.36. The third-order valence-corrected chi connectivity index (χ3v) is 7.42. The first-order valence-corrected chi connectivity index (χ1v) is 11.3. The smallest absolute Gasteiger partial charge is 0.257 e. The molecular formula is C19H20BrClN2O3S. The number of hydrogen-bond donors (Lipinski definition) is 1. The number of rotatable bonds is 4. The molecule has 2 aromatic rings. The summed E-state index contributed by atoms with van der Waals surface area (Å²) in [7, 11) is -3.58. The Morgan fingerprint density at radius 2 is 1.81 bits per heavy atom. The minimum absolute atomic E-state index is 0.225. The van der Waals surface area contributed by atoms with Crippen LogP contribution in [0.1, 0.15) is 35.2 Å². The van der Waals surface area contributed by atoms with Crippen molar-refractivity contribution < 1.29 is 13.2 Å². The van der Waals surface area contributed by atoms with Crippen molar-refractivity contribution in [2.45, 2.75) is 31.1 Å². The quantitative estimate of drug-likeness (QED) is 0.694. The van der Waals surface area contributed by atoms with Gasteiger partial charge in [0.2, 0.25) is 10.0 Å². The second-order valence-electron chi connectivity index (χ2n) is 6.52. The lowest BCUT2D eigenvalue weighted by atomic mass is 10.2. The number of nitrogens with one attached hydrogen (secondary N) is 1. The van der Waals surface area contributed by atoms with Crippen LogP contribution in [0.4, 0.5) is 5.69 Å². The number of aryl methyl sites for hydroxylation is 1. The molecule has 3 rings (SSSR count). The Bertz CT molecular complexity index is 973. The Labute approximate surface area is 172 Å². The summed E-state index contributed by atoms with van der Waals surface area (Å²) in [5, 5.41) is 3.06. The van der Waals surface area contributed by atoms with E-state index in [1.54, 1.807) is 37.3 Å². The fourth-order valence-electron chi connectivity index (χ4n) is 3.07. The van der Waals surface area contributed by atoms with Crippen LogP contribution in [0.3, 0.4) is 0 Å². The lowest BCUT2D eigenvalue weighted by molar-refractivity contribution is 0.102. The zero-order valence-corrected chi connectivity index (χ0v) is 18.0. The summed E-state index contributed by atoms with van der Waals surface area (Å²) in [6, 6.07) is 9.90. The van der Waals surface area contributed by atoms with E-state index in [-0.39, 0.29) is 4.90 Å². The Hall–Kier alpha value is -1.41. The van der Waals surface area contributed by atoms with Gasteiger partial charge in [-0.15, -0.1) is 0 Å². The number of carbonyl (C=O) groups excluding carboxylic acids is 1. The highest BCUT2D eigenvalue weighted by molar-refractivity contribution is 9.10. The SMILES string of the molecule is Cc1ccc(NC(=O)c2cc(Br)ccc2Cl)cc1S(=O)(=O)N1CCCCC1. The van der Waals surface area contributed by atoms with E-state index in [9.17, 15) is 13.2 Å². The third kappa shape index (κ3) is 4.54. The molecule has 1 saturated heterocycles. The van der Waals surface area contributed by atoms with Crippen LogP contribution in [0, 0.1) is 6.92 Å². The van der Waals surface area contributed by atoms with Gasteiger partial charge in [-0.3, -0.25) is 4.79 Å². The Morgan fingerprint density at radius 3 is 2.52 bits per heavy atom. The Morgan fingerprint density at radius 1 is 1.11 bits per heavy atom. The van der Waals surface area contributed by atoms with Crippen LogP contribution < -0.4 is 5.32 Å². The summed E-state index contributed by atoms with van der Waals surface area (Å²) < 4.78 is 28.3. The highest BCUT2D eigenvalue weighted by Crippen LogP contribution is 2.27. The molecule has 0 atom stereocenters. The molecule has 144 valence electrons. The predicted molar refractivity (Wildman–Crippen MR) is 111 cm³/mol. The van der Waals surface area contributed by atoms with E-state index in [0.717, 1.165) is 23.7 Å². The van der Waals surface area contributed by atoms with Crippen molar-refractivity contribution in [3.8, 4) is 0 Å². The number of benzene rings is 2. The first kappa shape index (κ1) is 20.3. The third-order valence-electron chi connectivity index (χ3n) is 4.55. The normalized spacial score (nSPS) is 15.5. The Kier molecular flexibility index (Phi) is 6.25. The van der Waals surface area contributed by atoms with Gasteiger partial charge in [-0.05, 0) is 55.7 Å². The summed E-state index contributed by atoms with van der Waals surface area (Å²) in [4.78, 5) is 12.8. The molecule has 0 aliphatic carbocycles. The zero-order chi connectivity index (χ0) is 19.6. The highest BCUT2D eigenvalue weighted by atomic mass is 79.9. The average molecular weight is 472 g/mol. The standard InChI is InChI=1S/C19H20BrClN2O3S/c1-13-5-7-15(22-19(24)16-11-14(20)6-8-17(16)21)12-18(13)27(25,26)23-9-3-2-4-10-23/h5-8,11-12H,2-4,9-10H2,1H3,(H,22,24). The molecule has 0 spiro atoms. The summed E-state index contributed by atoms with van der Waals surface area (Å²) in [5.74, 6) is -0.397. The number of amides is 1. The van der Waals surface area contributed by atoms with Crippen molar-refractivity contribution in [1.82, 2.24) is 4.31 Å². The van der Waals surface area contributed by atoms with E-state index in [1.807, 2.05) is 0 Å². The molecule has 0 saturated carbocycles. The van der Waals surface area contributed by atoms with Gasteiger partial charge in [-0.25, -0.2) is 8.42 Å². The maximum Gasteiger partial charge on any atom is 0.257 e. The fraction of sp³-hybridized carbons (Fsp3) is 0.316. The molecule has 8 heteroatoms. The molecule has 0 aromatic heterocycles. The molecule has 27 heavy (non-hydrogen) atoms. The summed E-state index contributed by atoms with van der Waals surface area (Å²) >= 11 is 9.42. The zero-order valence-electron chi connectivity index (χ0n) is 14.8. The van der Waals surface area contributed by atoms with Crippen molar-refractivity contribution in [2.24, 2.45) is 0 Å². The monoisotopic (exact) mass is 470 g/mol. The molecule has 1 aliphatic heterocycles. The summed E-state index contributed by atoms with van der Waals surface area (Å²) in [6.45, 7) is 2.83. The molecule has 5 nitrogen and oxygen atoms in total. The van der Waals surface area contributed by atoms with Crippen molar-refractivity contribution >= 4 is 49.1 Å². The molecule has 1 heterocycles. The number of nitrogens with zero attached hydrogens (tertiary/aromatic N) is 1. The number of piperidine rings is 1. The van der Waals surface area contributed by atoms with Crippen molar-refractivity contribution in [3.63, 3.8) is 0 Å². The van der Waals surface area contributed by atoms with Gasteiger partial charge in [0.1, 0.15) is 0 Å². The second-order valence-corrected chi connectivity index (χ2v) is 9.75. The van der Waals surface area contributed by atoms with Crippen LogP contribution in [0.2, 0.25) is 5.02 Å². The van der Waals surface area contributed by atoms with E-state index >= 15 is 0 Å². The van der Waals surface area contributed by atoms with Crippen LogP contribution in [-0.4, -0.2) is 31.7 Å². The van der Waals surface area contributed by atoms with Crippen LogP contribution in [-0.2, 0) is 10.0 Å². The predicted octanol–water partition coefficient (Wildman–Crippen LogP) is 4.84. The van der Waals surface area contributed by atoms with Gasteiger partial charge >= 0.3 is 0 Å². The Balaban J connectivity index is 1.89. The largest absolute Gasteiger partial charge is 0.322 e. The first-order chi connectivity index (χ1) is 12.8. The number of halogens is 2. The summed E-state index contributed by atoms with van der Waals surface area (Å²) in [5.41, 5.74) is 1.38. The van der Waals surface area contributed by atoms with E-state index in [4.69, 9.17) is 11.6 Å². The molecule has 2 aromatic carbocycles. The van der Waals surface area contributed by atoms with Crippen LogP contribution in [0.25, 0.3) is 0 Å². The van der Waals surface area contributed by atoms with Gasteiger partial charge in [0.05, 0.1) is 15.5 Å². The van der Waals surface area contributed by atoms with Crippen molar-refractivity contribution in [1.29, 1.82) is 0 Å². The molecule has 1 amide bonds. The number of sulfonamides is 1. The minimum atomic E-state index is -3.58. The van der Waals surface area contributed by atoms with Crippen molar-refractivity contribution in [2.75, 3.05) is 18.4 Å². The van der Waals surface area contributed by atoms with Crippen LogP contribution >= 0.6 is 27.5 Å². The van der Waals surface area contributed by atoms with Gasteiger partial charge in [0.25, 0.3) is 5.91 Å². The van der Waals surface area contributed by atoms with E-state index in [0.29, 0.717) is 34.9 Å². The summed E-state index contributed by atoms with van der Waals surface area (Å²) in [6.07, 6.45) is 2.79. The minimum Gasteiger partial charge on any atom is -0.322 e. The number of anilines is 1. The molecule has 1 N–H and O–H groups in total. The van der Waals surface area contributed by atoms with Gasteiger partial charge in [0.15, 0.2) is 0 Å². The van der Waals surface area contributed by atoms with Gasteiger partial charge in [-0.1, -0.05) is 40.0 Å². The molecule has 0 radical (unpaired) electrons. The van der Waals surface area contributed by atoms with Crippen LogP contribution in [0.5, 0.6) is 0 Å². The number of carbonyl (C=O) groups is 1. The van der Waals surface area contributed by atoms with E-state index in [2.05, 4.69) is 21.2 Å². The molecule has 1 fully saturated rings. The van der Waals surface area contributed by atoms with Crippen molar-refractivity contribution in [3.05, 3.63) is 57.0 Å². The second kappa shape index (κ2) is 8.31. The van der Waals surface area contributed by atoms with E-state index in [1.165, 1.54) is 10.4 Å². The van der Waals surface area contributed by atoms with Gasteiger partial charge < -0.3 is 5.32 Å². The van der Waals surface area contributed by atoms with E-state index < -0.39 is 15.9 Å². The van der Waals surface area contributed by atoms with Gasteiger partial charge in [-0.2, -0.15) is 4.31 Å². The average Bonchev–Trinajstić information content (AvgIpc) is 2.65. The number of hydrogen-bond acceptors (Lipinski definition) is 3. The molecule has 0 unspecified atom stereocenters.